The van der Waals surface area contributed by atoms with Crippen molar-refractivity contribution >= 4 is 27.2 Å². The average molecular weight is 269 g/mol. The number of nitrogens with one attached hydrogen (secondary N) is 2. The lowest BCUT2D eigenvalue weighted by Crippen LogP contribution is -2.40. The molecule has 0 fully saturated rings. The Morgan fingerprint density at radius 1 is 1.39 bits per heavy atom. The number of fused-ring (bicyclic) bond motifs is 1. The molecule has 0 aromatic carbocycles. The van der Waals surface area contributed by atoms with E-state index in [1.807, 2.05) is 6.92 Å². The van der Waals surface area contributed by atoms with Crippen LogP contribution in [0.3, 0.4) is 0 Å². The Labute approximate surface area is 106 Å². The minimum Gasteiger partial charge on any atom is -0.357 e. The molecule has 1 aliphatic rings. The van der Waals surface area contributed by atoms with Gasteiger partial charge >= 0.3 is 0 Å². The first kappa shape index (κ1) is 12.8. The first-order valence-electron chi connectivity index (χ1n) is 5.58. The molecule has 1 aromatic rings. The molecule has 1 unspecified atom stereocenters. The van der Waals surface area contributed by atoms with Crippen LogP contribution in [0.2, 0.25) is 0 Å². The van der Waals surface area contributed by atoms with Gasteiger partial charge in [-0.15, -0.1) is 0 Å². The van der Waals surface area contributed by atoms with Crippen molar-refractivity contribution in [2.24, 2.45) is 0 Å². The zero-order valence-corrected chi connectivity index (χ0v) is 11.0. The number of aryl methyl sites for hydroxylation is 1. The van der Waals surface area contributed by atoms with Gasteiger partial charge in [0.2, 0.25) is 5.91 Å². The van der Waals surface area contributed by atoms with Crippen LogP contribution < -0.4 is 10.6 Å². The zero-order chi connectivity index (χ0) is 13.3. The van der Waals surface area contributed by atoms with Crippen molar-refractivity contribution in [2.75, 3.05) is 22.6 Å². The van der Waals surface area contributed by atoms with E-state index in [0.717, 1.165) is 11.9 Å². The van der Waals surface area contributed by atoms with E-state index in [-0.39, 0.29) is 18.1 Å². The van der Waals surface area contributed by atoms with Gasteiger partial charge in [-0.3, -0.25) is 4.79 Å². The highest BCUT2D eigenvalue weighted by molar-refractivity contribution is 7.90. The number of aromatic nitrogens is 1. The number of amides is 1. The summed E-state index contributed by atoms with van der Waals surface area (Å²) in [5, 5.41) is 5.69. The Hall–Kier alpha value is -1.63. The van der Waals surface area contributed by atoms with Gasteiger partial charge in [-0.1, -0.05) is 0 Å². The molecule has 0 saturated carbocycles. The predicted octanol–water partition coefficient (Wildman–Crippen LogP) is 0.557. The summed E-state index contributed by atoms with van der Waals surface area (Å²) in [6.07, 6.45) is 1.39. The molecule has 2 rings (SSSR count). The molecule has 0 radical (unpaired) electrons. The fourth-order valence-electron chi connectivity index (χ4n) is 1.75. The van der Waals surface area contributed by atoms with Crippen molar-refractivity contribution in [1.82, 2.24) is 4.98 Å². The van der Waals surface area contributed by atoms with E-state index < -0.39 is 15.9 Å². The maximum Gasteiger partial charge on any atom is 0.247 e. The molecule has 0 aliphatic carbocycles. The van der Waals surface area contributed by atoms with Gasteiger partial charge in [-0.2, -0.15) is 0 Å². The van der Waals surface area contributed by atoms with Gasteiger partial charge in [0.15, 0.2) is 5.82 Å². The van der Waals surface area contributed by atoms with Crippen LogP contribution in [-0.4, -0.2) is 37.4 Å². The maximum absolute atomic E-state index is 11.8. The highest BCUT2D eigenvalue weighted by atomic mass is 32.2. The quantitative estimate of drug-likeness (QED) is 0.837. The molecule has 6 nitrogen and oxygen atoms in total. The summed E-state index contributed by atoms with van der Waals surface area (Å²) >= 11 is 0. The summed E-state index contributed by atoms with van der Waals surface area (Å²) in [7, 11) is -3.07. The minimum atomic E-state index is -3.07. The van der Waals surface area contributed by atoms with E-state index in [2.05, 4.69) is 15.6 Å². The number of rotatable bonds is 3. The van der Waals surface area contributed by atoms with Crippen molar-refractivity contribution in [3.63, 3.8) is 0 Å². The number of carbonyl (C=O) groups is 1. The molecule has 2 heterocycles. The number of hydrogen-bond donors (Lipinski definition) is 2. The number of nitrogens with zero attached hydrogens (tertiary/aromatic N) is 1. The standard InChI is InChI=1S/C11H15N3O3S/c1-7-3-4-8-10(12-7)13-9(11(15)14-8)5-6-18(2,16)17/h3-4,9H,5-6H2,1-2H3,(H,12,13)(H,14,15). The second kappa shape index (κ2) is 4.56. The van der Waals surface area contributed by atoms with Crippen molar-refractivity contribution in [3.05, 3.63) is 17.8 Å². The SMILES string of the molecule is Cc1ccc2c(n1)NC(CCS(C)(=O)=O)C(=O)N2. The molecule has 1 amide bonds. The van der Waals surface area contributed by atoms with Gasteiger partial charge in [0, 0.05) is 11.9 Å². The van der Waals surface area contributed by atoms with Crippen LogP contribution in [0.25, 0.3) is 0 Å². The van der Waals surface area contributed by atoms with Crippen LogP contribution in [-0.2, 0) is 14.6 Å². The fraction of sp³-hybridized carbons (Fsp3) is 0.455. The molecule has 1 aromatic heterocycles. The van der Waals surface area contributed by atoms with Crippen LogP contribution in [0.15, 0.2) is 12.1 Å². The molecular formula is C11H15N3O3S. The lowest BCUT2D eigenvalue weighted by molar-refractivity contribution is -0.117. The molecular weight excluding hydrogens is 254 g/mol. The Morgan fingerprint density at radius 2 is 2.11 bits per heavy atom. The number of carbonyl (C=O) groups excluding carboxylic acids is 1. The van der Waals surface area contributed by atoms with Gasteiger partial charge in [-0.05, 0) is 25.5 Å². The number of hydrogen-bond acceptors (Lipinski definition) is 5. The van der Waals surface area contributed by atoms with Gasteiger partial charge in [0.05, 0.1) is 11.4 Å². The van der Waals surface area contributed by atoms with Crippen LogP contribution in [0.5, 0.6) is 0 Å². The number of sulfone groups is 1. The van der Waals surface area contributed by atoms with Crippen molar-refractivity contribution < 1.29 is 13.2 Å². The summed E-state index contributed by atoms with van der Waals surface area (Å²) < 4.78 is 22.2. The Bertz CT molecular complexity index is 583. The van der Waals surface area contributed by atoms with Crippen LogP contribution in [0.4, 0.5) is 11.5 Å². The lowest BCUT2D eigenvalue weighted by atomic mass is 10.1. The Kier molecular flexibility index (Phi) is 3.25. The fourth-order valence-corrected chi connectivity index (χ4v) is 2.42. The third-order valence-corrected chi connectivity index (χ3v) is 3.67. The summed E-state index contributed by atoms with van der Waals surface area (Å²) in [4.78, 5) is 16.0. The summed E-state index contributed by atoms with van der Waals surface area (Å²) in [5.74, 6) is 0.337. The number of pyridine rings is 1. The second-order valence-electron chi connectivity index (χ2n) is 4.45. The third kappa shape index (κ3) is 2.98. The topological polar surface area (TPSA) is 88.2 Å². The summed E-state index contributed by atoms with van der Waals surface area (Å²) in [6.45, 7) is 1.85. The Morgan fingerprint density at radius 3 is 2.78 bits per heavy atom. The van der Waals surface area contributed by atoms with Crippen molar-refractivity contribution in [3.8, 4) is 0 Å². The monoisotopic (exact) mass is 269 g/mol. The van der Waals surface area contributed by atoms with Gasteiger partial charge in [0.1, 0.15) is 15.9 Å². The lowest BCUT2D eigenvalue weighted by Gasteiger charge is -2.25. The van der Waals surface area contributed by atoms with Gasteiger partial charge in [0.25, 0.3) is 0 Å². The van der Waals surface area contributed by atoms with Crippen LogP contribution in [0, 0.1) is 6.92 Å². The molecule has 0 spiro atoms. The average Bonchev–Trinajstić information content (AvgIpc) is 2.26. The van der Waals surface area contributed by atoms with Crippen molar-refractivity contribution in [2.45, 2.75) is 19.4 Å². The third-order valence-electron chi connectivity index (χ3n) is 2.70. The van der Waals surface area contributed by atoms with E-state index in [4.69, 9.17) is 0 Å². The van der Waals surface area contributed by atoms with Crippen LogP contribution >= 0.6 is 0 Å². The van der Waals surface area contributed by atoms with Crippen LogP contribution in [0.1, 0.15) is 12.1 Å². The van der Waals surface area contributed by atoms with E-state index in [9.17, 15) is 13.2 Å². The second-order valence-corrected chi connectivity index (χ2v) is 6.71. The summed E-state index contributed by atoms with van der Waals surface area (Å²) in [5.41, 5.74) is 1.46. The molecule has 1 atom stereocenters. The molecule has 0 saturated heterocycles. The zero-order valence-electron chi connectivity index (χ0n) is 10.2. The van der Waals surface area contributed by atoms with Gasteiger partial charge in [-0.25, -0.2) is 13.4 Å². The van der Waals surface area contributed by atoms with E-state index in [0.29, 0.717) is 11.5 Å². The molecule has 0 bridgehead atoms. The Balaban J connectivity index is 2.14. The predicted molar refractivity (Wildman–Crippen MR) is 69.3 cm³/mol. The minimum absolute atomic E-state index is 0.0285. The smallest absolute Gasteiger partial charge is 0.247 e. The molecule has 18 heavy (non-hydrogen) atoms. The molecule has 2 N–H and O–H groups in total. The molecule has 98 valence electrons. The van der Waals surface area contributed by atoms with Gasteiger partial charge < -0.3 is 10.6 Å². The molecule has 1 aliphatic heterocycles. The van der Waals surface area contributed by atoms with Crippen molar-refractivity contribution in [1.29, 1.82) is 0 Å². The van der Waals surface area contributed by atoms with E-state index >= 15 is 0 Å². The number of anilines is 2. The normalized spacial score (nSPS) is 18.8. The first-order chi connectivity index (χ1) is 8.35. The maximum atomic E-state index is 11.8. The van der Waals surface area contributed by atoms with E-state index in [1.165, 1.54) is 0 Å². The largest absolute Gasteiger partial charge is 0.357 e. The van der Waals surface area contributed by atoms with E-state index in [1.54, 1.807) is 12.1 Å². The first-order valence-corrected chi connectivity index (χ1v) is 7.64. The summed E-state index contributed by atoms with van der Waals surface area (Å²) in [6, 6.07) is 3.02. The highest BCUT2D eigenvalue weighted by Crippen LogP contribution is 2.25. The molecule has 7 heteroatoms. The highest BCUT2D eigenvalue weighted by Gasteiger charge is 2.26.